The van der Waals surface area contributed by atoms with Crippen LogP contribution in [0.25, 0.3) is 0 Å². The van der Waals surface area contributed by atoms with Crippen LogP contribution >= 0.6 is 0 Å². The average Bonchev–Trinajstić information content (AvgIpc) is 2.36. The fourth-order valence-electron chi connectivity index (χ4n) is 1.28. The van der Waals surface area contributed by atoms with Crippen LogP contribution in [-0.4, -0.2) is 19.2 Å². The van der Waals surface area contributed by atoms with Gasteiger partial charge in [0.25, 0.3) is 0 Å². The Morgan fingerprint density at radius 1 is 1.35 bits per heavy atom. The van der Waals surface area contributed by atoms with Gasteiger partial charge in [-0.15, -0.1) is 0 Å². The molecule has 0 amide bonds. The molecule has 0 unspecified atom stereocenters. The number of ether oxygens (including phenoxy) is 2. The summed E-state index contributed by atoms with van der Waals surface area (Å²) in [5, 5.41) is 0. The van der Waals surface area contributed by atoms with E-state index in [2.05, 4.69) is 13.8 Å². The quantitative estimate of drug-likeness (QED) is 0.711. The van der Waals surface area contributed by atoms with Gasteiger partial charge >= 0.3 is 5.97 Å². The van der Waals surface area contributed by atoms with Crippen LogP contribution in [0, 0.1) is 5.92 Å². The van der Waals surface area contributed by atoms with Gasteiger partial charge in [0.15, 0.2) is 0 Å². The molecule has 0 saturated carbocycles. The Kier molecular flexibility index (Phi) is 5.53. The molecule has 0 saturated heterocycles. The molecule has 0 aliphatic heterocycles. The van der Waals surface area contributed by atoms with Crippen molar-refractivity contribution in [2.45, 2.75) is 27.2 Å². The Morgan fingerprint density at radius 2 is 2.12 bits per heavy atom. The predicted octanol–water partition coefficient (Wildman–Crippen LogP) is 3.29. The SMILES string of the molecule is CCOC(=O)c1cccc(OC[C@@H](C)CC)c1. The number of hydrogen-bond acceptors (Lipinski definition) is 3. The standard InChI is InChI=1S/C14H20O3/c1-4-11(3)10-17-13-8-6-7-12(9-13)14(15)16-5-2/h6-9,11H,4-5,10H2,1-3H3/t11-/m0/s1. The van der Waals surface area contributed by atoms with Gasteiger partial charge in [-0.2, -0.15) is 0 Å². The van der Waals surface area contributed by atoms with E-state index in [0.717, 1.165) is 12.2 Å². The van der Waals surface area contributed by atoms with Crippen LogP contribution in [0.4, 0.5) is 0 Å². The maximum Gasteiger partial charge on any atom is 0.338 e. The second kappa shape index (κ2) is 6.94. The van der Waals surface area contributed by atoms with E-state index in [1.165, 1.54) is 0 Å². The number of rotatable bonds is 6. The highest BCUT2D eigenvalue weighted by Gasteiger charge is 2.07. The van der Waals surface area contributed by atoms with Crippen LogP contribution in [0.3, 0.4) is 0 Å². The summed E-state index contributed by atoms with van der Waals surface area (Å²) in [6.07, 6.45) is 1.08. The first-order valence-electron chi connectivity index (χ1n) is 6.07. The molecule has 0 aromatic heterocycles. The largest absolute Gasteiger partial charge is 0.493 e. The van der Waals surface area contributed by atoms with Gasteiger partial charge in [-0.05, 0) is 31.0 Å². The van der Waals surface area contributed by atoms with E-state index in [1.807, 2.05) is 6.07 Å². The lowest BCUT2D eigenvalue weighted by atomic mass is 10.1. The predicted molar refractivity (Wildman–Crippen MR) is 67.3 cm³/mol. The normalized spacial score (nSPS) is 11.9. The Bertz CT molecular complexity index is 360. The van der Waals surface area contributed by atoms with Crippen molar-refractivity contribution in [3.63, 3.8) is 0 Å². The second-order valence-corrected chi connectivity index (χ2v) is 4.07. The first kappa shape index (κ1) is 13.6. The van der Waals surface area contributed by atoms with Crippen LogP contribution in [0.1, 0.15) is 37.6 Å². The third kappa shape index (κ3) is 4.47. The number of esters is 1. The van der Waals surface area contributed by atoms with E-state index in [-0.39, 0.29) is 5.97 Å². The third-order valence-electron chi connectivity index (χ3n) is 2.58. The molecular formula is C14H20O3. The monoisotopic (exact) mass is 236 g/mol. The molecule has 17 heavy (non-hydrogen) atoms. The van der Waals surface area contributed by atoms with E-state index < -0.39 is 0 Å². The van der Waals surface area contributed by atoms with Crippen LogP contribution in [0.2, 0.25) is 0 Å². The summed E-state index contributed by atoms with van der Waals surface area (Å²) in [4.78, 5) is 11.5. The van der Waals surface area contributed by atoms with Crippen molar-refractivity contribution in [1.29, 1.82) is 0 Å². The van der Waals surface area contributed by atoms with E-state index in [9.17, 15) is 4.79 Å². The number of benzene rings is 1. The zero-order valence-corrected chi connectivity index (χ0v) is 10.7. The van der Waals surface area contributed by atoms with Gasteiger partial charge in [0.1, 0.15) is 5.75 Å². The zero-order valence-electron chi connectivity index (χ0n) is 10.7. The van der Waals surface area contributed by atoms with Crippen molar-refractivity contribution < 1.29 is 14.3 Å². The molecule has 0 aliphatic carbocycles. The Balaban J connectivity index is 2.62. The van der Waals surface area contributed by atoms with Gasteiger partial charge in [0.2, 0.25) is 0 Å². The number of hydrogen-bond donors (Lipinski definition) is 0. The fourth-order valence-corrected chi connectivity index (χ4v) is 1.28. The number of carbonyl (C=O) groups is 1. The fraction of sp³-hybridized carbons (Fsp3) is 0.500. The topological polar surface area (TPSA) is 35.5 Å². The highest BCUT2D eigenvalue weighted by atomic mass is 16.5. The molecule has 0 heterocycles. The van der Waals surface area contributed by atoms with Crippen molar-refractivity contribution in [3.8, 4) is 5.75 Å². The van der Waals surface area contributed by atoms with Crippen LogP contribution in [0.5, 0.6) is 5.75 Å². The van der Waals surface area contributed by atoms with Crippen molar-refractivity contribution in [2.24, 2.45) is 5.92 Å². The van der Waals surface area contributed by atoms with E-state index >= 15 is 0 Å². The molecule has 1 aromatic carbocycles. The van der Waals surface area contributed by atoms with Crippen LogP contribution < -0.4 is 4.74 Å². The molecular weight excluding hydrogens is 216 g/mol. The van der Waals surface area contributed by atoms with Gasteiger partial charge in [0.05, 0.1) is 18.8 Å². The van der Waals surface area contributed by atoms with Crippen LogP contribution in [-0.2, 0) is 4.74 Å². The smallest absolute Gasteiger partial charge is 0.338 e. The summed E-state index contributed by atoms with van der Waals surface area (Å²) in [5.41, 5.74) is 0.536. The van der Waals surface area contributed by atoms with Gasteiger partial charge in [-0.25, -0.2) is 4.79 Å². The Morgan fingerprint density at radius 3 is 2.76 bits per heavy atom. The third-order valence-corrected chi connectivity index (χ3v) is 2.58. The minimum Gasteiger partial charge on any atom is -0.493 e. The van der Waals surface area contributed by atoms with E-state index in [0.29, 0.717) is 24.7 Å². The molecule has 0 spiro atoms. The molecule has 94 valence electrons. The number of carbonyl (C=O) groups excluding carboxylic acids is 1. The first-order valence-corrected chi connectivity index (χ1v) is 6.07. The Hall–Kier alpha value is -1.51. The first-order chi connectivity index (χ1) is 8.17. The highest BCUT2D eigenvalue weighted by molar-refractivity contribution is 5.89. The van der Waals surface area contributed by atoms with Crippen molar-refractivity contribution in [2.75, 3.05) is 13.2 Å². The van der Waals surface area contributed by atoms with Crippen molar-refractivity contribution >= 4 is 5.97 Å². The lowest BCUT2D eigenvalue weighted by Crippen LogP contribution is -2.08. The Labute approximate surface area is 103 Å². The molecule has 3 heteroatoms. The molecule has 0 radical (unpaired) electrons. The van der Waals surface area contributed by atoms with Crippen LogP contribution in [0.15, 0.2) is 24.3 Å². The van der Waals surface area contributed by atoms with Gasteiger partial charge in [-0.1, -0.05) is 26.3 Å². The van der Waals surface area contributed by atoms with Gasteiger partial charge in [0, 0.05) is 0 Å². The van der Waals surface area contributed by atoms with E-state index in [1.54, 1.807) is 25.1 Å². The van der Waals surface area contributed by atoms with Gasteiger partial charge < -0.3 is 9.47 Å². The summed E-state index contributed by atoms with van der Waals surface area (Å²) in [6.45, 7) is 7.11. The maximum absolute atomic E-state index is 11.5. The summed E-state index contributed by atoms with van der Waals surface area (Å²) >= 11 is 0. The van der Waals surface area contributed by atoms with Crippen molar-refractivity contribution in [3.05, 3.63) is 29.8 Å². The second-order valence-electron chi connectivity index (χ2n) is 4.07. The molecule has 0 fully saturated rings. The van der Waals surface area contributed by atoms with Gasteiger partial charge in [-0.3, -0.25) is 0 Å². The molecule has 0 N–H and O–H groups in total. The summed E-state index contributed by atoms with van der Waals surface area (Å²) in [6, 6.07) is 7.11. The average molecular weight is 236 g/mol. The molecule has 1 rings (SSSR count). The molecule has 1 atom stereocenters. The van der Waals surface area contributed by atoms with E-state index in [4.69, 9.17) is 9.47 Å². The summed E-state index contributed by atoms with van der Waals surface area (Å²) in [5.74, 6) is 0.929. The molecule has 1 aromatic rings. The maximum atomic E-state index is 11.5. The summed E-state index contributed by atoms with van der Waals surface area (Å²) in [7, 11) is 0. The minimum absolute atomic E-state index is 0.304. The highest BCUT2D eigenvalue weighted by Crippen LogP contribution is 2.15. The lowest BCUT2D eigenvalue weighted by molar-refractivity contribution is 0.0526. The van der Waals surface area contributed by atoms with Crippen molar-refractivity contribution in [1.82, 2.24) is 0 Å². The zero-order chi connectivity index (χ0) is 12.7. The lowest BCUT2D eigenvalue weighted by Gasteiger charge is -2.11. The molecule has 0 bridgehead atoms. The summed E-state index contributed by atoms with van der Waals surface area (Å²) < 4.78 is 10.6. The minimum atomic E-state index is -0.304. The molecule has 0 aliphatic rings. The molecule has 3 nitrogen and oxygen atoms in total.